The lowest BCUT2D eigenvalue weighted by molar-refractivity contribution is 0.0687. The maximum Gasteiger partial charge on any atom is 0.421 e. The average molecular weight is 500 g/mol. The van der Waals surface area contributed by atoms with Crippen LogP contribution in [-0.2, 0) is 11.8 Å². The van der Waals surface area contributed by atoms with Gasteiger partial charge in [-0.25, -0.2) is 9.59 Å². The van der Waals surface area contributed by atoms with Crippen LogP contribution in [0.1, 0.15) is 17.2 Å². The minimum absolute atomic E-state index is 0.0161. The number of rotatable bonds is 6. The predicted octanol–water partition coefficient (Wildman–Crippen LogP) is 2.96. The first-order valence-electron chi connectivity index (χ1n) is 10.7. The van der Waals surface area contributed by atoms with Crippen molar-refractivity contribution in [1.29, 1.82) is 0 Å². The lowest BCUT2D eigenvalue weighted by atomic mass is 10.0. The molecule has 0 aliphatic heterocycles. The summed E-state index contributed by atoms with van der Waals surface area (Å²) >= 11 is 5.51. The van der Waals surface area contributed by atoms with Crippen LogP contribution in [0.15, 0.2) is 70.3 Å². The van der Waals surface area contributed by atoms with Gasteiger partial charge in [0, 0.05) is 13.6 Å². The molecule has 0 aliphatic rings. The lowest BCUT2D eigenvalue weighted by Crippen LogP contribution is -2.40. The van der Waals surface area contributed by atoms with E-state index in [-0.39, 0.29) is 22.6 Å². The molecule has 2 heterocycles. The zero-order valence-corrected chi connectivity index (χ0v) is 20.3. The lowest BCUT2D eigenvalue weighted by Gasteiger charge is -2.20. The van der Waals surface area contributed by atoms with Gasteiger partial charge in [0.2, 0.25) is 5.28 Å². The first-order chi connectivity index (χ1) is 16.7. The molecule has 0 atom stereocenters. The Bertz CT molecular complexity index is 1360. The van der Waals surface area contributed by atoms with Gasteiger partial charge in [0.15, 0.2) is 11.2 Å². The van der Waals surface area contributed by atoms with Crippen molar-refractivity contribution in [3.8, 4) is 0 Å². The molecule has 0 aliphatic carbocycles. The van der Waals surface area contributed by atoms with Crippen molar-refractivity contribution in [3.05, 3.63) is 97.9 Å². The zero-order chi connectivity index (χ0) is 25.5. The van der Waals surface area contributed by atoms with E-state index < -0.39 is 17.3 Å². The third-order valence-electron chi connectivity index (χ3n) is 5.08. The molecule has 0 bridgehead atoms. The van der Waals surface area contributed by atoms with Crippen LogP contribution in [0.2, 0.25) is 5.28 Å². The highest BCUT2D eigenvalue weighted by Gasteiger charge is 2.18. The molecule has 2 aromatic heterocycles. The standard InChI is InChI=1S/C17H21NO.C7H5ClN4O4/c1-18(2)13-14-19-17(15-9-5-3-6-10-15)16-11-7-4-8-12-16;1-11-4(13)2-3(10-5(8)9-2)12(6(11)14)7(15)16/h3-12,17H,13-14H2,1-2H3;1H3,(H,9,10)(H,15,16). The van der Waals surface area contributed by atoms with E-state index in [1.54, 1.807) is 0 Å². The molecule has 35 heavy (non-hydrogen) atoms. The van der Waals surface area contributed by atoms with Gasteiger partial charge < -0.3 is 19.7 Å². The Balaban J connectivity index is 0.000000198. The molecule has 2 aromatic carbocycles. The Hall–Kier alpha value is -3.73. The number of benzene rings is 2. The smallest absolute Gasteiger partial charge is 0.421 e. The van der Waals surface area contributed by atoms with Crippen LogP contribution < -0.4 is 11.2 Å². The van der Waals surface area contributed by atoms with Crippen molar-refractivity contribution in [1.82, 2.24) is 24.0 Å². The van der Waals surface area contributed by atoms with Crippen LogP contribution in [0.5, 0.6) is 0 Å². The first-order valence-corrected chi connectivity index (χ1v) is 11.0. The van der Waals surface area contributed by atoms with Crippen LogP contribution in [0.4, 0.5) is 4.79 Å². The number of hydrogen-bond donors (Lipinski definition) is 2. The second-order valence-electron chi connectivity index (χ2n) is 7.87. The Labute approximate surface area is 206 Å². The Morgan fingerprint density at radius 3 is 2.11 bits per heavy atom. The van der Waals surface area contributed by atoms with Crippen molar-refractivity contribution in [2.75, 3.05) is 27.2 Å². The van der Waals surface area contributed by atoms with E-state index in [9.17, 15) is 14.4 Å². The SMILES string of the molecule is CN(C)CCOC(c1ccccc1)c1ccccc1.Cn1c(=O)c2[nH]c(Cl)nc2n(C(=O)O)c1=O. The number of ether oxygens (including phenoxy) is 1. The van der Waals surface area contributed by atoms with E-state index >= 15 is 0 Å². The first kappa shape index (κ1) is 25.9. The summed E-state index contributed by atoms with van der Waals surface area (Å²) in [5.41, 5.74) is 0.296. The zero-order valence-electron chi connectivity index (χ0n) is 19.5. The van der Waals surface area contributed by atoms with Crippen LogP contribution in [0.25, 0.3) is 11.2 Å². The number of nitrogens with zero attached hydrogens (tertiary/aromatic N) is 4. The summed E-state index contributed by atoms with van der Waals surface area (Å²) in [6.45, 7) is 1.65. The van der Waals surface area contributed by atoms with Crippen molar-refractivity contribution >= 4 is 28.9 Å². The second-order valence-corrected chi connectivity index (χ2v) is 8.22. The number of aromatic amines is 1. The Kier molecular flexibility index (Phi) is 8.58. The van der Waals surface area contributed by atoms with Gasteiger partial charge in [0.1, 0.15) is 6.10 Å². The molecule has 184 valence electrons. The van der Waals surface area contributed by atoms with Crippen LogP contribution in [0, 0.1) is 0 Å². The highest BCUT2D eigenvalue weighted by atomic mass is 35.5. The number of carboxylic acid groups (broad SMARTS) is 1. The predicted molar refractivity (Wildman–Crippen MR) is 133 cm³/mol. The third-order valence-corrected chi connectivity index (χ3v) is 5.26. The van der Waals surface area contributed by atoms with Gasteiger partial charge in [-0.1, -0.05) is 60.7 Å². The van der Waals surface area contributed by atoms with Gasteiger partial charge in [-0.15, -0.1) is 0 Å². The molecule has 4 aromatic rings. The van der Waals surface area contributed by atoms with Gasteiger partial charge in [0.25, 0.3) is 5.56 Å². The molecule has 0 saturated carbocycles. The summed E-state index contributed by atoms with van der Waals surface area (Å²) < 4.78 is 7.09. The number of likely N-dealkylation sites (N-methyl/N-ethyl adjacent to an activating group) is 1. The fourth-order valence-electron chi connectivity index (χ4n) is 3.31. The molecular formula is C24H26ClN5O5. The molecular weight excluding hydrogens is 474 g/mol. The van der Waals surface area contributed by atoms with E-state index in [1.165, 1.54) is 11.1 Å². The number of hydrogen-bond acceptors (Lipinski definition) is 6. The van der Waals surface area contributed by atoms with Gasteiger partial charge in [-0.2, -0.15) is 9.55 Å². The summed E-state index contributed by atoms with van der Waals surface area (Å²) in [7, 11) is 5.28. The highest BCUT2D eigenvalue weighted by Crippen LogP contribution is 2.25. The molecule has 4 rings (SSSR count). The summed E-state index contributed by atoms with van der Waals surface area (Å²) in [6.07, 6.45) is -1.52. The normalized spacial score (nSPS) is 11.0. The Morgan fingerprint density at radius 2 is 1.63 bits per heavy atom. The molecule has 0 unspecified atom stereocenters. The van der Waals surface area contributed by atoms with E-state index in [2.05, 4.69) is 77.5 Å². The summed E-state index contributed by atoms with van der Waals surface area (Å²) in [6, 6.07) is 20.8. The molecule has 10 nitrogen and oxygen atoms in total. The van der Waals surface area contributed by atoms with Crippen molar-refractivity contribution < 1.29 is 14.6 Å². The Morgan fingerprint density at radius 1 is 1.09 bits per heavy atom. The van der Waals surface area contributed by atoms with Gasteiger partial charge in [-0.05, 0) is 36.8 Å². The van der Waals surface area contributed by atoms with Crippen LogP contribution in [-0.4, -0.2) is 62.4 Å². The molecule has 0 radical (unpaired) electrons. The van der Waals surface area contributed by atoms with Crippen LogP contribution in [0.3, 0.4) is 0 Å². The van der Waals surface area contributed by atoms with Crippen molar-refractivity contribution in [2.45, 2.75) is 6.10 Å². The second kappa shape index (κ2) is 11.6. The monoisotopic (exact) mass is 499 g/mol. The summed E-state index contributed by atoms with van der Waals surface area (Å²) in [5.74, 6) is 0. The number of imidazole rings is 1. The minimum atomic E-state index is -1.53. The van der Waals surface area contributed by atoms with Gasteiger partial charge in [-0.3, -0.25) is 9.36 Å². The van der Waals surface area contributed by atoms with Gasteiger partial charge in [0.05, 0.1) is 6.61 Å². The molecule has 0 fully saturated rings. The van der Waals surface area contributed by atoms with E-state index in [0.29, 0.717) is 9.13 Å². The quantitative estimate of drug-likeness (QED) is 0.391. The fraction of sp³-hybridized carbons (Fsp3) is 0.250. The number of halogens is 1. The van der Waals surface area contributed by atoms with E-state index in [0.717, 1.165) is 20.2 Å². The molecule has 11 heteroatoms. The van der Waals surface area contributed by atoms with Crippen LogP contribution >= 0.6 is 11.6 Å². The summed E-state index contributed by atoms with van der Waals surface area (Å²) in [4.78, 5) is 42.0. The largest absolute Gasteiger partial charge is 0.464 e. The van der Waals surface area contributed by atoms with E-state index in [4.69, 9.17) is 21.4 Å². The topological polar surface area (TPSA) is 122 Å². The number of fused-ring (bicyclic) bond motifs is 1. The third kappa shape index (κ3) is 6.24. The van der Waals surface area contributed by atoms with Crippen molar-refractivity contribution in [3.63, 3.8) is 0 Å². The summed E-state index contributed by atoms with van der Waals surface area (Å²) in [5, 5.41) is 8.68. The van der Waals surface area contributed by atoms with Crippen molar-refractivity contribution in [2.24, 2.45) is 7.05 Å². The number of H-pyrrole nitrogens is 1. The maximum absolute atomic E-state index is 11.6. The number of nitrogens with one attached hydrogen (secondary N) is 1. The minimum Gasteiger partial charge on any atom is -0.464 e. The van der Waals surface area contributed by atoms with Gasteiger partial charge >= 0.3 is 11.8 Å². The number of aromatic nitrogens is 4. The highest BCUT2D eigenvalue weighted by molar-refractivity contribution is 6.29. The fourth-order valence-corrected chi connectivity index (χ4v) is 3.48. The molecule has 2 N–H and O–H groups in total. The van der Waals surface area contributed by atoms with E-state index in [1.807, 2.05) is 12.1 Å². The number of carbonyl (C=O) groups is 1. The average Bonchev–Trinajstić information content (AvgIpc) is 3.22. The molecule has 0 saturated heterocycles. The molecule has 0 amide bonds. The molecule has 0 spiro atoms. The maximum atomic E-state index is 11.6.